The SMILES string of the molecule is CC(C)(C)C.CNC=O. The van der Waals surface area contributed by atoms with Gasteiger partial charge in [0, 0.05) is 7.05 Å². The lowest BCUT2D eigenvalue weighted by Crippen LogP contribution is -1.98. The summed E-state index contributed by atoms with van der Waals surface area (Å²) in [5.41, 5.74) is 0.500. The summed E-state index contributed by atoms with van der Waals surface area (Å²) in [5, 5.41) is 2.25. The van der Waals surface area contributed by atoms with Crippen LogP contribution in [0, 0.1) is 5.41 Å². The summed E-state index contributed by atoms with van der Waals surface area (Å²) >= 11 is 0. The van der Waals surface area contributed by atoms with Crippen molar-refractivity contribution in [1.82, 2.24) is 5.32 Å². The summed E-state index contributed by atoms with van der Waals surface area (Å²) in [6, 6.07) is 0. The highest BCUT2D eigenvalue weighted by atomic mass is 16.1. The van der Waals surface area contributed by atoms with E-state index in [9.17, 15) is 0 Å². The molecule has 0 radical (unpaired) electrons. The largest absolute Gasteiger partial charge is 0.362 e. The van der Waals surface area contributed by atoms with Crippen LogP contribution >= 0.6 is 0 Å². The predicted octanol–water partition coefficient (Wildman–Crippen LogP) is 1.41. The van der Waals surface area contributed by atoms with Gasteiger partial charge in [0.25, 0.3) is 0 Å². The first-order chi connectivity index (χ1) is 3.91. The third-order valence-electron chi connectivity index (χ3n) is 0.118. The first-order valence-corrected chi connectivity index (χ1v) is 3.02. The lowest BCUT2D eigenvalue weighted by molar-refractivity contribution is -0.109. The van der Waals surface area contributed by atoms with Gasteiger partial charge >= 0.3 is 0 Å². The number of hydrogen-bond donors (Lipinski definition) is 1. The number of carbonyl (C=O) groups excluding carboxylic acids is 1. The minimum atomic E-state index is 0.500. The Balaban J connectivity index is 0. The van der Waals surface area contributed by atoms with Crippen LogP contribution in [0.15, 0.2) is 0 Å². The Kier molecular flexibility index (Phi) is 7.03. The molecule has 0 rings (SSSR count). The molecule has 0 spiro atoms. The van der Waals surface area contributed by atoms with Crippen molar-refractivity contribution >= 4 is 6.41 Å². The van der Waals surface area contributed by atoms with Crippen LogP contribution < -0.4 is 5.32 Å². The minimum Gasteiger partial charge on any atom is -0.362 e. The van der Waals surface area contributed by atoms with Crippen molar-refractivity contribution in [3.63, 3.8) is 0 Å². The Morgan fingerprint density at radius 2 is 1.33 bits per heavy atom. The summed E-state index contributed by atoms with van der Waals surface area (Å²) in [7, 11) is 1.56. The second-order valence-corrected chi connectivity index (χ2v) is 3.41. The molecule has 0 bridgehead atoms. The monoisotopic (exact) mass is 131 g/mol. The molecule has 0 aliphatic heterocycles. The number of amides is 1. The summed E-state index contributed by atoms with van der Waals surface area (Å²) < 4.78 is 0. The Hall–Kier alpha value is -0.530. The van der Waals surface area contributed by atoms with Crippen molar-refractivity contribution in [3.8, 4) is 0 Å². The van der Waals surface area contributed by atoms with Crippen molar-refractivity contribution in [3.05, 3.63) is 0 Å². The molecule has 2 heteroatoms. The zero-order valence-corrected chi connectivity index (χ0v) is 6.99. The molecule has 0 heterocycles. The smallest absolute Gasteiger partial charge is 0.206 e. The van der Waals surface area contributed by atoms with Gasteiger partial charge in [-0.15, -0.1) is 0 Å². The predicted molar refractivity (Wildman–Crippen MR) is 40.3 cm³/mol. The van der Waals surface area contributed by atoms with Crippen LogP contribution in [0.1, 0.15) is 27.7 Å². The zero-order chi connectivity index (χ0) is 7.91. The molecule has 0 aliphatic rings. The van der Waals surface area contributed by atoms with Gasteiger partial charge in [0.1, 0.15) is 0 Å². The van der Waals surface area contributed by atoms with Crippen molar-refractivity contribution in [2.75, 3.05) is 7.05 Å². The van der Waals surface area contributed by atoms with Gasteiger partial charge in [0.2, 0.25) is 6.41 Å². The van der Waals surface area contributed by atoms with Crippen molar-refractivity contribution in [2.24, 2.45) is 5.41 Å². The molecule has 0 saturated carbocycles. The molecule has 1 N–H and O–H groups in total. The topological polar surface area (TPSA) is 29.1 Å². The van der Waals surface area contributed by atoms with Crippen LogP contribution in [-0.2, 0) is 4.79 Å². The van der Waals surface area contributed by atoms with E-state index in [1.165, 1.54) is 0 Å². The number of hydrogen-bond acceptors (Lipinski definition) is 1. The van der Waals surface area contributed by atoms with Crippen LogP contribution in [0.3, 0.4) is 0 Å². The van der Waals surface area contributed by atoms with E-state index in [0.29, 0.717) is 11.8 Å². The third-order valence-corrected chi connectivity index (χ3v) is 0.118. The molecular weight excluding hydrogens is 114 g/mol. The van der Waals surface area contributed by atoms with Gasteiger partial charge in [0.05, 0.1) is 0 Å². The second kappa shape index (κ2) is 5.60. The van der Waals surface area contributed by atoms with Crippen molar-refractivity contribution in [1.29, 1.82) is 0 Å². The normalized spacial score (nSPS) is 9.00. The van der Waals surface area contributed by atoms with Gasteiger partial charge in [-0.25, -0.2) is 0 Å². The molecular formula is C7H17NO. The van der Waals surface area contributed by atoms with Crippen LogP contribution in [0.2, 0.25) is 0 Å². The van der Waals surface area contributed by atoms with Crippen LogP contribution in [0.4, 0.5) is 0 Å². The van der Waals surface area contributed by atoms with Crippen LogP contribution in [0.5, 0.6) is 0 Å². The summed E-state index contributed by atoms with van der Waals surface area (Å²) in [6.45, 7) is 8.75. The van der Waals surface area contributed by atoms with E-state index in [1.54, 1.807) is 7.05 Å². The lowest BCUT2D eigenvalue weighted by Gasteiger charge is -2.05. The van der Waals surface area contributed by atoms with Gasteiger partial charge < -0.3 is 5.32 Å². The first-order valence-electron chi connectivity index (χ1n) is 3.02. The molecule has 9 heavy (non-hydrogen) atoms. The maximum absolute atomic E-state index is 9.06. The van der Waals surface area contributed by atoms with Gasteiger partial charge in [-0.05, 0) is 5.41 Å². The molecule has 0 atom stereocenters. The lowest BCUT2D eigenvalue weighted by atomic mass is 10.0. The summed E-state index contributed by atoms with van der Waals surface area (Å²) in [5.74, 6) is 0. The summed E-state index contributed by atoms with van der Waals surface area (Å²) in [6.07, 6.45) is 0.625. The van der Waals surface area contributed by atoms with Gasteiger partial charge in [0.15, 0.2) is 0 Å². The molecule has 56 valence electrons. The van der Waals surface area contributed by atoms with E-state index in [1.807, 2.05) is 0 Å². The summed E-state index contributed by atoms with van der Waals surface area (Å²) in [4.78, 5) is 9.06. The van der Waals surface area contributed by atoms with E-state index in [4.69, 9.17) is 4.79 Å². The fourth-order valence-electron chi connectivity index (χ4n) is 0. The van der Waals surface area contributed by atoms with Gasteiger partial charge in [-0.2, -0.15) is 0 Å². The Bertz CT molecular complexity index is 57.8. The fourth-order valence-corrected chi connectivity index (χ4v) is 0. The number of carbonyl (C=O) groups is 1. The number of rotatable bonds is 1. The Labute approximate surface area is 57.6 Å². The quantitative estimate of drug-likeness (QED) is 0.536. The maximum Gasteiger partial charge on any atom is 0.206 e. The molecule has 0 fully saturated rings. The average Bonchev–Trinajstić information content (AvgIpc) is 1.61. The molecule has 1 amide bonds. The molecule has 0 aliphatic carbocycles. The van der Waals surface area contributed by atoms with E-state index < -0.39 is 0 Å². The van der Waals surface area contributed by atoms with Gasteiger partial charge in [-0.1, -0.05) is 27.7 Å². The standard InChI is InChI=1S/C5H12.C2H5NO/c1-5(2,3)4;1-3-2-4/h1-4H3;2H,1H3,(H,3,4). The Morgan fingerprint density at radius 1 is 1.22 bits per heavy atom. The molecule has 0 aromatic carbocycles. The zero-order valence-electron chi connectivity index (χ0n) is 6.99. The Morgan fingerprint density at radius 3 is 1.33 bits per heavy atom. The maximum atomic E-state index is 9.06. The van der Waals surface area contributed by atoms with E-state index >= 15 is 0 Å². The second-order valence-electron chi connectivity index (χ2n) is 3.41. The first kappa shape index (κ1) is 11.3. The highest BCUT2D eigenvalue weighted by Crippen LogP contribution is 2.07. The van der Waals surface area contributed by atoms with E-state index in [0.717, 1.165) is 0 Å². The fraction of sp³-hybridized carbons (Fsp3) is 0.857. The number of nitrogens with one attached hydrogen (secondary N) is 1. The average molecular weight is 131 g/mol. The van der Waals surface area contributed by atoms with Gasteiger partial charge in [-0.3, -0.25) is 4.79 Å². The highest BCUT2D eigenvalue weighted by molar-refractivity contribution is 5.44. The highest BCUT2D eigenvalue weighted by Gasteiger charge is 1.95. The minimum absolute atomic E-state index is 0.500. The molecule has 0 aromatic rings. The van der Waals surface area contributed by atoms with Crippen molar-refractivity contribution in [2.45, 2.75) is 27.7 Å². The van der Waals surface area contributed by atoms with Crippen molar-refractivity contribution < 1.29 is 4.79 Å². The third kappa shape index (κ3) is 1010. The van der Waals surface area contributed by atoms with E-state index in [-0.39, 0.29) is 0 Å². The van der Waals surface area contributed by atoms with Crippen LogP contribution in [-0.4, -0.2) is 13.5 Å². The molecule has 0 unspecified atom stereocenters. The van der Waals surface area contributed by atoms with Crippen LogP contribution in [0.25, 0.3) is 0 Å². The molecule has 0 saturated heterocycles. The molecule has 2 nitrogen and oxygen atoms in total. The van der Waals surface area contributed by atoms with E-state index in [2.05, 4.69) is 33.0 Å². The molecule has 0 aromatic heterocycles.